The number of amides is 2. The van der Waals surface area contributed by atoms with E-state index in [-0.39, 0.29) is 23.2 Å². The van der Waals surface area contributed by atoms with E-state index in [4.69, 9.17) is 0 Å². The van der Waals surface area contributed by atoms with Gasteiger partial charge in [-0.15, -0.1) is 0 Å². The van der Waals surface area contributed by atoms with Gasteiger partial charge in [-0.25, -0.2) is 4.79 Å². The molecule has 5 heteroatoms. The third kappa shape index (κ3) is 4.20. The van der Waals surface area contributed by atoms with Crippen LogP contribution >= 0.6 is 0 Å². The van der Waals surface area contributed by atoms with Crippen molar-refractivity contribution in [3.05, 3.63) is 24.5 Å². The smallest absolute Gasteiger partial charge is 0.319 e. The minimum Gasteiger partial charge on any atom is -0.335 e. The molecule has 0 atom stereocenters. The second-order valence-electron chi connectivity index (χ2n) is 6.83. The molecule has 0 radical (unpaired) electrons. The molecule has 0 unspecified atom stereocenters. The molecule has 1 fully saturated rings. The van der Waals surface area contributed by atoms with Gasteiger partial charge in [0.05, 0.1) is 0 Å². The quantitative estimate of drug-likeness (QED) is 0.777. The Morgan fingerprint density at radius 2 is 1.75 bits per heavy atom. The number of rotatable bonds is 2. The molecule has 0 aliphatic carbocycles. The molecule has 0 spiro atoms. The van der Waals surface area contributed by atoms with Crippen molar-refractivity contribution < 1.29 is 4.79 Å². The van der Waals surface area contributed by atoms with Gasteiger partial charge in [-0.1, -0.05) is 0 Å². The minimum absolute atomic E-state index is 0.0242. The first-order valence-electron chi connectivity index (χ1n) is 7.03. The number of hydrogen-bond donors (Lipinski definition) is 3. The third-order valence-corrected chi connectivity index (χ3v) is 3.46. The van der Waals surface area contributed by atoms with Crippen molar-refractivity contribution >= 4 is 11.7 Å². The van der Waals surface area contributed by atoms with Gasteiger partial charge in [0.2, 0.25) is 0 Å². The van der Waals surface area contributed by atoms with Crippen LogP contribution in [-0.4, -0.2) is 28.1 Å². The van der Waals surface area contributed by atoms with E-state index in [1.165, 1.54) is 0 Å². The fraction of sp³-hybridized carbons (Fsp3) is 0.600. The fourth-order valence-electron chi connectivity index (χ4n) is 3.21. The van der Waals surface area contributed by atoms with Crippen molar-refractivity contribution in [3.8, 4) is 0 Å². The Kier molecular flexibility index (Phi) is 3.99. The maximum Gasteiger partial charge on any atom is 0.319 e. The maximum absolute atomic E-state index is 12.0. The van der Waals surface area contributed by atoms with Crippen LogP contribution in [0.1, 0.15) is 40.5 Å². The zero-order valence-corrected chi connectivity index (χ0v) is 12.7. The Morgan fingerprint density at radius 1 is 1.20 bits per heavy atom. The summed E-state index contributed by atoms with van der Waals surface area (Å²) in [5.41, 5.74) is 0.803. The number of urea groups is 1. The van der Waals surface area contributed by atoms with Crippen molar-refractivity contribution in [2.24, 2.45) is 0 Å². The molecule has 2 rings (SSSR count). The summed E-state index contributed by atoms with van der Waals surface area (Å²) < 4.78 is 0. The standard InChI is InChI=1S/C15H24N4O/c1-14(2)9-12(10-15(3,4)19-14)18-13(20)17-11-5-7-16-8-6-11/h5-8,12,19H,9-10H2,1-4H3,(H2,16,17,18,20). The van der Waals surface area contributed by atoms with E-state index in [1.54, 1.807) is 24.5 Å². The van der Waals surface area contributed by atoms with Crippen LogP contribution in [0.5, 0.6) is 0 Å². The predicted octanol–water partition coefficient (Wildman–Crippen LogP) is 2.51. The van der Waals surface area contributed by atoms with Crippen LogP contribution in [-0.2, 0) is 0 Å². The van der Waals surface area contributed by atoms with Crippen molar-refractivity contribution in [3.63, 3.8) is 0 Å². The lowest BCUT2D eigenvalue weighted by Crippen LogP contribution is -2.62. The van der Waals surface area contributed by atoms with Crippen molar-refractivity contribution in [1.82, 2.24) is 15.6 Å². The summed E-state index contributed by atoms with van der Waals surface area (Å²) in [6, 6.07) is 3.56. The Balaban J connectivity index is 1.94. The lowest BCUT2D eigenvalue weighted by Gasteiger charge is -2.46. The zero-order valence-electron chi connectivity index (χ0n) is 12.7. The topological polar surface area (TPSA) is 66.0 Å². The van der Waals surface area contributed by atoms with Crippen molar-refractivity contribution in [2.75, 3.05) is 5.32 Å². The minimum atomic E-state index is -0.158. The Labute approximate surface area is 120 Å². The Bertz CT molecular complexity index is 454. The molecule has 20 heavy (non-hydrogen) atoms. The molecule has 2 heterocycles. The van der Waals surface area contributed by atoms with Gasteiger partial charge in [-0.2, -0.15) is 0 Å². The summed E-state index contributed by atoms with van der Waals surface area (Å²) >= 11 is 0. The molecule has 1 aromatic rings. The van der Waals surface area contributed by atoms with Gasteiger partial charge in [-0.3, -0.25) is 4.98 Å². The number of carbonyl (C=O) groups excluding carboxylic acids is 1. The molecule has 1 aromatic heterocycles. The van der Waals surface area contributed by atoms with E-state index in [2.05, 4.69) is 48.6 Å². The molecule has 0 saturated carbocycles. The number of anilines is 1. The van der Waals surface area contributed by atoms with E-state index >= 15 is 0 Å². The highest BCUT2D eigenvalue weighted by Gasteiger charge is 2.38. The summed E-state index contributed by atoms with van der Waals surface area (Å²) in [6.45, 7) is 8.68. The highest BCUT2D eigenvalue weighted by atomic mass is 16.2. The first-order chi connectivity index (χ1) is 9.26. The number of pyridine rings is 1. The third-order valence-electron chi connectivity index (χ3n) is 3.46. The van der Waals surface area contributed by atoms with Crippen LogP contribution in [0.2, 0.25) is 0 Å². The second kappa shape index (κ2) is 5.40. The highest BCUT2D eigenvalue weighted by molar-refractivity contribution is 5.89. The van der Waals surface area contributed by atoms with Gasteiger partial charge >= 0.3 is 6.03 Å². The summed E-state index contributed by atoms with van der Waals surface area (Å²) in [6.07, 6.45) is 5.15. The number of carbonyl (C=O) groups is 1. The normalized spacial score (nSPS) is 21.2. The lowest BCUT2D eigenvalue weighted by atomic mass is 9.80. The molecule has 2 amide bonds. The van der Waals surface area contributed by atoms with Gasteiger partial charge in [0.15, 0.2) is 0 Å². The average Bonchev–Trinajstić information content (AvgIpc) is 2.25. The Morgan fingerprint density at radius 3 is 2.30 bits per heavy atom. The number of nitrogens with zero attached hydrogens (tertiary/aromatic N) is 1. The number of hydrogen-bond acceptors (Lipinski definition) is 3. The molecule has 0 aromatic carbocycles. The van der Waals surface area contributed by atoms with Gasteiger partial charge < -0.3 is 16.0 Å². The van der Waals surface area contributed by atoms with E-state index < -0.39 is 0 Å². The molecular weight excluding hydrogens is 252 g/mol. The Hall–Kier alpha value is -1.62. The molecule has 1 saturated heterocycles. The number of aromatic nitrogens is 1. The zero-order chi connectivity index (χ0) is 14.8. The summed E-state index contributed by atoms with van der Waals surface area (Å²) in [4.78, 5) is 16.0. The van der Waals surface area contributed by atoms with Crippen molar-refractivity contribution in [2.45, 2.75) is 57.7 Å². The van der Waals surface area contributed by atoms with Gasteiger partial charge in [0.1, 0.15) is 0 Å². The van der Waals surface area contributed by atoms with E-state index in [9.17, 15) is 4.79 Å². The average molecular weight is 276 g/mol. The highest BCUT2D eigenvalue weighted by Crippen LogP contribution is 2.28. The summed E-state index contributed by atoms with van der Waals surface area (Å²) in [5, 5.41) is 9.51. The number of piperidine rings is 1. The van der Waals surface area contributed by atoms with Gasteiger partial charge in [0, 0.05) is 35.2 Å². The van der Waals surface area contributed by atoms with E-state index in [0.29, 0.717) is 0 Å². The fourth-order valence-corrected chi connectivity index (χ4v) is 3.21. The van der Waals surface area contributed by atoms with Crippen LogP contribution in [0, 0.1) is 0 Å². The lowest BCUT2D eigenvalue weighted by molar-refractivity contribution is 0.149. The SMILES string of the molecule is CC1(C)CC(NC(=O)Nc2ccncc2)CC(C)(C)N1. The van der Waals surface area contributed by atoms with Crippen LogP contribution in [0.4, 0.5) is 10.5 Å². The van der Waals surface area contributed by atoms with Crippen LogP contribution in [0.3, 0.4) is 0 Å². The molecular formula is C15H24N4O. The molecule has 1 aliphatic rings. The molecule has 3 N–H and O–H groups in total. The first kappa shape index (κ1) is 14.8. The van der Waals surface area contributed by atoms with Crippen LogP contribution in [0.25, 0.3) is 0 Å². The monoisotopic (exact) mass is 276 g/mol. The number of nitrogens with one attached hydrogen (secondary N) is 3. The molecule has 1 aliphatic heterocycles. The summed E-state index contributed by atoms with van der Waals surface area (Å²) in [7, 11) is 0. The molecule has 5 nitrogen and oxygen atoms in total. The largest absolute Gasteiger partial charge is 0.335 e. The van der Waals surface area contributed by atoms with E-state index in [1.807, 2.05) is 0 Å². The first-order valence-corrected chi connectivity index (χ1v) is 7.03. The van der Waals surface area contributed by atoms with Crippen LogP contribution < -0.4 is 16.0 Å². The van der Waals surface area contributed by atoms with Crippen molar-refractivity contribution in [1.29, 1.82) is 0 Å². The second-order valence-corrected chi connectivity index (χ2v) is 6.83. The van der Waals surface area contributed by atoms with Crippen LogP contribution in [0.15, 0.2) is 24.5 Å². The van der Waals surface area contributed by atoms with Gasteiger partial charge in [-0.05, 0) is 52.7 Å². The predicted molar refractivity (Wildman–Crippen MR) is 80.7 cm³/mol. The van der Waals surface area contributed by atoms with Gasteiger partial charge in [0.25, 0.3) is 0 Å². The molecule has 110 valence electrons. The van der Waals surface area contributed by atoms with E-state index in [0.717, 1.165) is 18.5 Å². The maximum atomic E-state index is 12.0. The summed E-state index contributed by atoms with van der Waals surface area (Å²) in [5.74, 6) is 0. The molecule has 0 bridgehead atoms.